The van der Waals surface area contributed by atoms with Gasteiger partial charge in [-0.3, -0.25) is 4.90 Å². The van der Waals surface area contributed by atoms with Gasteiger partial charge in [-0.2, -0.15) is 0 Å². The van der Waals surface area contributed by atoms with E-state index in [1.807, 2.05) is 16.7 Å². The van der Waals surface area contributed by atoms with Gasteiger partial charge in [0.1, 0.15) is 18.2 Å². The summed E-state index contributed by atoms with van der Waals surface area (Å²) in [6.07, 6.45) is 3.46. The lowest BCUT2D eigenvalue weighted by Gasteiger charge is -2.31. The van der Waals surface area contributed by atoms with Crippen LogP contribution in [0.25, 0.3) is 0 Å². The van der Waals surface area contributed by atoms with E-state index >= 15 is 0 Å². The van der Waals surface area contributed by atoms with Gasteiger partial charge in [-0.15, -0.1) is 10.2 Å². The third kappa shape index (κ3) is 2.69. The zero-order chi connectivity index (χ0) is 13.1. The highest BCUT2D eigenvalue weighted by atomic mass is 16.5. The number of aromatic nitrogens is 3. The van der Waals surface area contributed by atoms with E-state index in [0.29, 0.717) is 6.61 Å². The van der Waals surface area contributed by atoms with E-state index in [2.05, 4.69) is 22.0 Å². The minimum absolute atomic E-state index is 0.00818. The fourth-order valence-corrected chi connectivity index (χ4v) is 2.38. The van der Waals surface area contributed by atoms with Crippen LogP contribution in [0.2, 0.25) is 0 Å². The highest BCUT2D eigenvalue weighted by molar-refractivity contribution is 5.00. The van der Waals surface area contributed by atoms with E-state index < -0.39 is 0 Å². The molecule has 1 fully saturated rings. The number of hydrogen-bond donors (Lipinski definition) is 0. The highest BCUT2D eigenvalue weighted by Crippen LogP contribution is 2.21. The number of aryl methyl sites for hydroxylation is 1. The lowest BCUT2D eigenvalue weighted by atomic mass is 10.2. The predicted molar refractivity (Wildman–Crippen MR) is 68.4 cm³/mol. The molecule has 1 aliphatic heterocycles. The molecule has 0 spiro atoms. The molecule has 0 aromatic carbocycles. The Morgan fingerprint density at radius 2 is 2.42 bits per heavy atom. The van der Waals surface area contributed by atoms with Crippen LogP contribution in [-0.2, 0) is 17.8 Å². The fraction of sp³-hybridized carbons (Fsp3) is 0.538. The number of morpholine rings is 1. The topological polar surface area (TPSA) is 56.3 Å². The molecule has 0 amide bonds. The average Bonchev–Trinajstić information content (AvgIpc) is 3.09. The van der Waals surface area contributed by atoms with Gasteiger partial charge in [0.05, 0.1) is 19.4 Å². The van der Waals surface area contributed by atoms with E-state index in [0.717, 1.165) is 37.8 Å². The summed E-state index contributed by atoms with van der Waals surface area (Å²) >= 11 is 0. The maximum absolute atomic E-state index is 5.82. The Bertz CT molecular complexity index is 508. The molecule has 0 radical (unpaired) electrons. The van der Waals surface area contributed by atoms with Crippen LogP contribution in [0.3, 0.4) is 0 Å². The summed E-state index contributed by atoms with van der Waals surface area (Å²) in [5.41, 5.74) is 0. The van der Waals surface area contributed by atoms with Crippen molar-refractivity contribution < 1.29 is 9.15 Å². The molecular weight excluding hydrogens is 244 g/mol. The van der Waals surface area contributed by atoms with Crippen LogP contribution in [0.15, 0.2) is 29.1 Å². The molecule has 2 aromatic rings. The molecule has 1 saturated heterocycles. The highest BCUT2D eigenvalue weighted by Gasteiger charge is 2.26. The normalized spacial score (nSPS) is 20.8. The molecule has 3 heterocycles. The summed E-state index contributed by atoms with van der Waals surface area (Å²) in [6, 6.07) is 3.92. The van der Waals surface area contributed by atoms with Crippen molar-refractivity contribution in [3.8, 4) is 0 Å². The van der Waals surface area contributed by atoms with E-state index in [4.69, 9.17) is 9.15 Å². The summed E-state index contributed by atoms with van der Waals surface area (Å²) in [6.45, 7) is 6.20. The van der Waals surface area contributed by atoms with Gasteiger partial charge in [0.25, 0.3) is 0 Å². The maximum Gasteiger partial charge on any atom is 0.163 e. The molecular formula is C13H18N4O2. The first kappa shape index (κ1) is 12.4. The van der Waals surface area contributed by atoms with Crippen molar-refractivity contribution in [3.05, 3.63) is 36.3 Å². The first-order valence-corrected chi connectivity index (χ1v) is 6.61. The lowest BCUT2D eigenvalue weighted by Crippen LogP contribution is -2.38. The Labute approximate surface area is 112 Å². The Morgan fingerprint density at radius 1 is 1.47 bits per heavy atom. The second-order valence-electron chi connectivity index (χ2n) is 4.65. The van der Waals surface area contributed by atoms with Crippen LogP contribution in [0.4, 0.5) is 0 Å². The van der Waals surface area contributed by atoms with E-state index in [9.17, 15) is 0 Å². The van der Waals surface area contributed by atoms with Crippen LogP contribution < -0.4 is 0 Å². The van der Waals surface area contributed by atoms with Crippen molar-refractivity contribution >= 4 is 0 Å². The molecule has 0 aliphatic carbocycles. The van der Waals surface area contributed by atoms with Gasteiger partial charge in [-0.1, -0.05) is 0 Å². The Hall–Kier alpha value is -1.66. The Kier molecular flexibility index (Phi) is 3.61. The minimum atomic E-state index is -0.00818. The molecule has 0 saturated carbocycles. The SMILES string of the molecule is CCn1cnnc1C1CN(Cc2ccco2)CCO1. The van der Waals surface area contributed by atoms with E-state index in [1.54, 1.807) is 12.6 Å². The molecule has 6 nitrogen and oxygen atoms in total. The number of nitrogens with zero attached hydrogens (tertiary/aromatic N) is 4. The van der Waals surface area contributed by atoms with Crippen LogP contribution in [0.1, 0.15) is 24.6 Å². The summed E-state index contributed by atoms with van der Waals surface area (Å²) in [4.78, 5) is 2.32. The Morgan fingerprint density at radius 3 is 3.21 bits per heavy atom. The smallest absolute Gasteiger partial charge is 0.163 e. The Balaban J connectivity index is 1.68. The van der Waals surface area contributed by atoms with Crippen molar-refractivity contribution in [1.29, 1.82) is 0 Å². The first-order chi connectivity index (χ1) is 9.36. The van der Waals surface area contributed by atoms with E-state index in [-0.39, 0.29) is 6.10 Å². The number of furan rings is 1. The van der Waals surface area contributed by atoms with Gasteiger partial charge < -0.3 is 13.7 Å². The predicted octanol–water partition coefficient (Wildman–Crippen LogP) is 1.46. The number of ether oxygens (including phenoxy) is 1. The van der Waals surface area contributed by atoms with Crippen LogP contribution >= 0.6 is 0 Å². The van der Waals surface area contributed by atoms with Crippen LogP contribution in [0, 0.1) is 0 Å². The fourth-order valence-electron chi connectivity index (χ4n) is 2.38. The summed E-state index contributed by atoms with van der Waals surface area (Å²) in [5, 5.41) is 8.14. The molecule has 2 aromatic heterocycles. The summed E-state index contributed by atoms with van der Waals surface area (Å²) in [7, 11) is 0. The minimum Gasteiger partial charge on any atom is -0.468 e. The van der Waals surface area contributed by atoms with Crippen molar-refractivity contribution in [2.45, 2.75) is 26.1 Å². The molecule has 0 bridgehead atoms. The molecule has 1 aliphatic rings. The van der Waals surface area contributed by atoms with Crippen molar-refractivity contribution in [2.75, 3.05) is 19.7 Å². The molecule has 102 valence electrons. The monoisotopic (exact) mass is 262 g/mol. The third-order valence-corrected chi connectivity index (χ3v) is 3.38. The van der Waals surface area contributed by atoms with Gasteiger partial charge in [-0.05, 0) is 19.1 Å². The molecule has 0 N–H and O–H groups in total. The standard InChI is InChI=1S/C13H18N4O2/c1-2-17-10-14-15-13(17)12-9-16(5-7-19-12)8-11-4-3-6-18-11/h3-4,6,10,12H,2,5,7-9H2,1H3. The second kappa shape index (κ2) is 5.54. The summed E-state index contributed by atoms with van der Waals surface area (Å²) in [5.74, 6) is 1.89. The van der Waals surface area contributed by atoms with Gasteiger partial charge in [0, 0.05) is 19.6 Å². The van der Waals surface area contributed by atoms with Gasteiger partial charge in [-0.25, -0.2) is 0 Å². The quantitative estimate of drug-likeness (QED) is 0.835. The van der Waals surface area contributed by atoms with Gasteiger partial charge >= 0.3 is 0 Å². The van der Waals surface area contributed by atoms with Crippen molar-refractivity contribution in [3.63, 3.8) is 0 Å². The number of rotatable bonds is 4. The lowest BCUT2D eigenvalue weighted by molar-refractivity contribution is -0.0405. The van der Waals surface area contributed by atoms with Crippen molar-refractivity contribution in [1.82, 2.24) is 19.7 Å². The first-order valence-electron chi connectivity index (χ1n) is 6.61. The second-order valence-corrected chi connectivity index (χ2v) is 4.65. The third-order valence-electron chi connectivity index (χ3n) is 3.38. The molecule has 6 heteroatoms. The van der Waals surface area contributed by atoms with Crippen LogP contribution in [0.5, 0.6) is 0 Å². The van der Waals surface area contributed by atoms with Crippen LogP contribution in [-0.4, -0.2) is 39.4 Å². The average molecular weight is 262 g/mol. The zero-order valence-corrected chi connectivity index (χ0v) is 11.0. The van der Waals surface area contributed by atoms with Gasteiger partial charge in [0.2, 0.25) is 0 Å². The maximum atomic E-state index is 5.82. The molecule has 1 atom stereocenters. The van der Waals surface area contributed by atoms with E-state index in [1.165, 1.54) is 0 Å². The van der Waals surface area contributed by atoms with Crippen molar-refractivity contribution in [2.24, 2.45) is 0 Å². The van der Waals surface area contributed by atoms with Gasteiger partial charge in [0.15, 0.2) is 5.82 Å². The molecule has 1 unspecified atom stereocenters. The number of hydrogen-bond acceptors (Lipinski definition) is 5. The summed E-state index contributed by atoms with van der Waals surface area (Å²) < 4.78 is 13.2. The largest absolute Gasteiger partial charge is 0.468 e. The molecule has 3 rings (SSSR count). The zero-order valence-electron chi connectivity index (χ0n) is 11.0. The molecule has 19 heavy (non-hydrogen) atoms.